The van der Waals surface area contributed by atoms with E-state index in [4.69, 9.17) is 10.5 Å². The van der Waals surface area contributed by atoms with Crippen molar-refractivity contribution in [3.05, 3.63) is 0 Å². The third kappa shape index (κ3) is 4.42. The summed E-state index contributed by atoms with van der Waals surface area (Å²) in [5.41, 5.74) is 6.15. The Morgan fingerprint density at radius 1 is 1.25 bits per heavy atom. The highest BCUT2D eigenvalue weighted by molar-refractivity contribution is 4.90. The highest BCUT2D eigenvalue weighted by atomic mass is 16.5. The van der Waals surface area contributed by atoms with Gasteiger partial charge in [0.2, 0.25) is 0 Å². The van der Waals surface area contributed by atoms with Crippen LogP contribution in [0.2, 0.25) is 0 Å². The van der Waals surface area contributed by atoms with Gasteiger partial charge >= 0.3 is 0 Å². The molecule has 1 saturated heterocycles. The third-order valence-electron chi connectivity index (χ3n) is 5.11. The van der Waals surface area contributed by atoms with Crippen molar-refractivity contribution in [2.24, 2.45) is 17.1 Å². The van der Waals surface area contributed by atoms with Gasteiger partial charge in [0.05, 0.1) is 5.60 Å². The molecule has 1 aliphatic carbocycles. The van der Waals surface area contributed by atoms with Gasteiger partial charge in [0.15, 0.2) is 0 Å². The fourth-order valence-corrected chi connectivity index (χ4v) is 3.83. The van der Waals surface area contributed by atoms with Gasteiger partial charge < -0.3 is 20.5 Å². The summed E-state index contributed by atoms with van der Waals surface area (Å²) in [6.07, 6.45) is 5.05. The van der Waals surface area contributed by atoms with Gasteiger partial charge in [-0.25, -0.2) is 0 Å². The van der Waals surface area contributed by atoms with Crippen molar-refractivity contribution in [2.75, 3.05) is 33.4 Å². The van der Waals surface area contributed by atoms with Crippen LogP contribution in [0, 0.1) is 11.3 Å². The predicted molar refractivity (Wildman–Crippen MR) is 81.6 cm³/mol. The van der Waals surface area contributed by atoms with Crippen LogP contribution in [0.4, 0.5) is 0 Å². The number of hydrogen-bond acceptors (Lipinski definition) is 4. The molecule has 4 nitrogen and oxygen atoms in total. The van der Waals surface area contributed by atoms with Gasteiger partial charge in [0.25, 0.3) is 0 Å². The van der Waals surface area contributed by atoms with Crippen molar-refractivity contribution in [3.8, 4) is 0 Å². The molecular weight excluding hydrogens is 252 g/mol. The van der Waals surface area contributed by atoms with Crippen molar-refractivity contribution >= 4 is 0 Å². The van der Waals surface area contributed by atoms with E-state index in [1.807, 2.05) is 0 Å². The molecule has 4 heteroatoms. The highest BCUT2D eigenvalue weighted by Gasteiger charge is 2.35. The SMILES string of the molecule is CN(CC1CC(C)(C)CCC1N)CC1(O)CCOCC1. The number of likely N-dealkylation sites (N-methyl/N-ethyl adjacent to an activating group) is 1. The minimum absolute atomic E-state index is 0.315. The maximum Gasteiger partial charge on any atom is 0.0817 e. The summed E-state index contributed by atoms with van der Waals surface area (Å²) in [6, 6.07) is 0.315. The number of hydrogen-bond donors (Lipinski definition) is 2. The molecule has 0 spiro atoms. The third-order valence-corrected chi connectivity index (χ3v) is 5.11. The number of rotatable bonds is 4. The normalized spacial score (nSPS) is 33.3. The van der Waals surface area contributed by atoms with Crippen LogP contribution in [-0.4, -0.2) is 55.0 Å². The average molecular weight is 284 g/mol. The number of nitrogens with zero attached hydrogens (tertiary/aromatic N) is 1. The zero-order chi connectivity index (χ0) is 14.8. The van der Waals surface area contributed by atoms with Crippen LogP contribution < -0.4 is 5.73 Å². The summed E-state index contributed by atoms with van der Waals surface area (Å²) in [6.45, 7) is 7.78. The largest absolute Gasteiger partial charge is 0.388 e. The number of nitrogens with two attached hydrogens (primary N) is 1. The Morgan fingerprint density at radius 2 is 1.90 bits per heavy atom. The van der Waals surface area contributed by atoms with Crippen LogP contribution in [-0.2, 0) is 4.74 Å². The molecular formula is C16H32N2O2. The fraction of sp³-hybridized carbons (Fsp3) is 1.00. The lowest BCUT2D eigenvalue weighted by atomic mass is 9.70. The quantitative estimate of drug-likeness (QED) is 0.823. The Morgan fingerprint density at radius 3 is 2.55 bits per heavy atom. The molecule has 1 aliphatic heterocycles. The van der Waals surface area contributed by atoms with Crippen LogP contribution in [0.3, 0.4) is 0 Å². The van der Waals surface area contributed by atoms with E-state index < -0.39 is 5.60 Å². The Balaban J connectivity index is 1.85. The van der Waals surface area contributed by atoms with Gasteiger partial charge in [-0.05, 0) is 37.6 Å². The first kappa shape index (κ1) is 16.2. The first-order chi connectivity index (χ1) is 9.30. The van der Waals surface area contributed by atoms with E-state index in [1.54, 1.807) is 0 Å². The summed E-state index contributed by atoms with van der Waals surface area (Å²) in [7, 11) is 2.11. The van der Waals surface area contributed by atoms with Crippen LogP contribution in [0.25, 0.3) is 0 Å². The lowest BCUT2D eigenvalue weighted by Gasteiger charge is -2.42. The Bertz CT molecular complexity index is 314. The maximum atomic E-state index is 10.6. The molecule has 0 radical (unpaired) electrons. The zero-order valence-corrected chi connectivity index (χ0v) is 13.4. The van der Waals surface area contributed by atoms with E-state index in [2.05, 4.69) is 25.8 Å². The second-order valence-electron chi connectivity index (χ2n) is 7.86. The second-order valence-corrected chi connectivity index (χ2v) is 7.86. The first-order valence-electron chi connectivity index (χ1n) is 8.04. The van der Waals surface area contributed by atoms with Gasteiger partial charge in [-0.3, -0.25) is 0 Å². The molecule has 2 aliphatic rings. The van der Waals surface area contributed by atoms with Crippen LogP contribution in [0.5, 0.6) is 0 Å². The Labute approximate surface area is 123 Å². The molecule has 0 aromatic heterocycles. The molecule has 0 bridgehead atoms. The second kappa shape index (κ2) is 6.30. The van der Waals surface area contributed by atoms with E-state index in [0.29, 0.717) is 30.6 Å². The molecule has 0 aromatic carbocycles. The van der Waals surface area contributed by atoms with Crippen LogP contribution in [0.1, 0.15) is 46.0 Å². The zero-order valence-electron chi connectivity index (χ0n) is 13.4. The van der Waals surface area contributed by atoms with E-state index in [1.165, 1.54) is 12.8 Å². The van der Waals surface area contributed by atoms with Crippen molar-refractivity contribution in [1.29, 1.82) is 0 Å². The molecule has 1 saturated carbocycles. The molecule has 20 heavy (non-hydrogen) atoms. The van der Waals surface area contributed by atoms with Crippen molar-refractivity contribution in [2.45, 2.75) is 57.6 Å². The minimum Gasteiger partial charge on any atom is -0.388 e. The molecule has 1 heterocycles. The van der Waals surface area contributed by atoms with Crippen molar-refractivity contribution in [3.63, 3.8) is 0 Å². The van der Waals surface area contributed by atoms with Crippen molar-refractivity contribution < 1.29 is 9.84 Å². The van der Waals surface area contributed by atoms with Crippen LogP contribution >= 0.6 is 0 Å². The minimum atomic E-state index is -0.568. The van der Waals surface area contributed by atoms with Gasteiger partial charge in [-0.15, -0.1) is 0 Å². The topological polar surface area (TPSA) is 58.7 Å². The van der Waals surface area contributed by atoms with E-state index in [0.717, 1.165) is 32.4 Å². The lowest BCUT2D eigenvalue weighted by Crippen LogP contribution is -2.49. The molecule has 118 valence electrons. The van der Waals surface area contributed by atoms with Crippen LogP contribution in [0.15, 0.2) is 0 Å². The Hall–Kier alpha value is -0.160. The summed E-state index contributed by atoms with van der Waals surface area (Å²) >= 11 is 0. The predicted octanol–water partition coefficient (Wildman–Crippen LogP) is 1.61. The molecule has 2 fully saturated rings. The van der Waals surface area contributed by atoms with Crippen molar-refractivity contribution in [1.82, 2.24) is 4.90 Å². The van der Waals surface area contributed by atoms with E-state index in [-0.39, 0.29) is 0 Å². The maximum absolute atomic E-state index is 10.6. The van der Waals surface area contributed by atoms with Gasteiger partial charge in [-0.2, -0.15) is 0 Å². The summed E-state index contributed by atoms with van der Waals surface area (Å²) < 4.78 is 5.34. The smallest absolute Gasteiger partial charge is 0.0817 e. The standard InChI is InChI=1S/C16H32N2O2/c1-15(2)5-4-14(17)13(10-15)11-18(3)12-16(19)6-8-20-9-7-16/h13-14,19H,4-12,17H2,1-3H3. The first-order valence-corrected chi connectivity index (χ1v) is 8.04. The number of aliphatic hydroxyl groups is 1. The molecule has 0 aromatic rings. The van der Waals surface area contributed by atoms with E-state index >= 15 is 0 Å². The molecule has 2 unspecified atom stereocenters. The average Bonchev–Trinajstić information content (AvgIpc) is 2.34. The summed E-state index contributed by atoms with van der Waals surface area (Å²) in [5.74, 6) is 0.548. The van der Waals surface area contributed by atoms with Gasteiger partial charge in [-0.1, -0.05) is 13.8 Å². The van der Waals surface area contributed by atoms with E-state index in [9.17, 15) is 5.11 Å². The van der Waals surface area contributed by atoms with Gasteiger partial charge in [0.1, 0.15) is 0 Å². The molecule has 3 N–H and O–H groups in total. The lowest BCUT2D eigenvalue weighted by molar-refractivity contribution is -0.0792. The summed E-state index contributed by atoms with van der Waals surface area (Å²) in [5, 5.41) is 10.6. The fourth-order valence-electron chi connectivity index (χ4n) is 3.83. The molecule has 2 atom stereocenters. The summed E-state index contributed by atoms with van der Waals surface area (Å²) in [4.78, 5) is 2.28. The molecule has 2 rings (SSSR count). The Kier molecular flexibility index (Phi) is 5.11. The number of ether oxygens (including phenoxy) is 1. The monoisotopic (exact) mass is 284 g/mol. The highest BCUT2D eigenvalue weighted by Crippen LogP contribution is 2.38. The molecule has 0 amide bonds. The van der Waals surface area contributed by atoms with Gasteiger partial charge in [0, 0.05) is 45.2 Å².